The van der Waals surface area contributed by atoms with Crippen molar-refractivity contribution in [3.8, 4) is 11.8 Å². The minimum absolute atomic E-state index is 0.0508. The second-order valence-electron chi connectivity index (χ2n) is 7.79. The van der Waals surface area contributed by atoms with E-state index in [1.165, 1.54) is 12.8 Å². The van der Waals surface area contributed by atoms with Gasteiger partial charge in [-0.15, -0.1) is 11.8 Å². The number of cyclic esters (lactones) is 2. The fraction of sp³-hybridized carbons (Fsp3) is 0.667. The molecule has 0 saturated carbocycles. The van der Waals surface area contributed by atoms with E-state index in [1.807, 2.05) is 26.0 Å². The number of rotatable bonds is 12. The molecule has 0 N–H and O–H groups in total. The van der Waals surface area contributed by atoms with Crippen molar-refractivity contribution in [2.75, 3.05) is 0 Å². The Bertz CT molecular complexity index is 593. The summed E-state index contributed by atoms with van der Waals surface area (Å²) in [5.74, 6) is 6.28. The van der Waals surface area contributed by atoms with Crippen molar-refractivity contribution in [2.45, 2.75) is 103 Å². The van der Waals surface area contributed by atoms with E-state index in [-0.39, 0.29) is 24.1 Å². The third-order valence-electron chi connectivity index (χ3n) is 5.10. The zero-order chi connectivity index (χ0) is 20.2. The lowest BCUT2D eigenvalue weighted by molar-refractivity contribution is -0.140. The van der Waals surface area contributed by atoms with E-state index in [0.717, 1.165) is 75.4 Å². The molecule has 2 aliphatic rings. The van der Waals surface area contributed by atoms with Crippen LogP contribution in [0.5, 0.6) is 0 Å². The van der Waals surface area contributed by atoms with Gasteiger partial charge in [0.25, 0.3) is 0 Å². The Labute approximate surface area is 169 Å². The molecule has 0 aromatic carbocycles. The zero-order valence-corrected chi connectivity index (χ0v) is 17.4. The van der Waals surface area contributed by atoms with Crippen LogP contribution in [0.3, 0.4) is 0 Å². The molecule has 0 aromatic heterocycles. The van der Waals surface area contributed by atoms with Crippen LogP contribution in [0.15, 0.2) is 23.3 Å². The van der Waals surface area contributed by atoms with Gasteiger partial charge in [-0.1, -0.05) is 25.7 Å². The fourth-order valence-electron chi connectivity index (χ4n) is 3.57. The maximum absolute atomic E-state index is 11.5. The van der Waals surface area contributed by atoms with Crippen molar-refractivity contribution < 1.29 is 19.1 Å². The van der Waals surface area contributed by atoms with Gasteiger partial charge in [0.2, 0.25) is 0 Å². The molecule has 0 bridgehead atoms. The molecule has 0 aliphatic carbocycles. The van der Waals surface area contributed by atoms with Crippen LogP contribution in [0.25, 0.3) is 0 Å². The maximum Gasteiger partial charge on any atom is 0.334 e. The van der Waals surface area contributed by atoms with Crippen LogP contribution in [0, 0.1) is 11.8 Å². The van der Waals surface area contributed by atoms with Crippen molar-refractivity contribution in [2.24, 2.45) is 0 Å². The third-order valence-corrected chi connectivity index (χ3v) is 5.10. The van der Waals surface area contributed by atoms with Crippen LogP contribution in [-0.4, -0.2) is 24.1 Å². The summed E-state index contributed by atoms with van der Waals surface area (Å²) in [6, 6.07) is 0. The molecule has 0 amide bonds. The lowest BCUT2D eigenvalue weighted by Gasteiger charge is -2.00. The molecule has 0 fully saturated rings. The van der Waals surface area contributed by atoms with E-state index in [9.17, 15) is 9.59 Å². The van der Waals surface area contributed by atoms with Crippen molar-refractivity contribution in [3.63, 3.8) is 0 Å². The predicted octanol–water partition coefficient (Wildman–Crippen LogP) is 5.41. The Balaban J connectivity index is 1.36. The number of hydrogen-bond donors (Lipinski definition) is 0. The molecule has 2 aliphatic heterocycles. The second kappa shape index (κ2) is 12.4. The lowest BCUT2D eigenvalue weighted by atomic mass is 10.1. The van der Waals surface area contributed by atoms with Crippen LogP contribution >= 0.6 is 0 Å². The highest BCUT2D eigenvalue weighted by Crippen LogP contribution is 2.20. The van der Waals surface area contributed by atoms with E-state index in [0.29, 0.717) is 0 Å². The minimum Gasteiger partial charge on any atom is -0.455 e. The Kier molecular flexibility index (Phi) is 9.90. The monoisotopic (exact) mass is 386 g/mol. The van der Waals surface area contributed by atoms with Gasteiger partial charge in [0, 0.05) is 24.0 Å². The van der Waals surface area contributed by atoms with Crippen LogP contribution in [-0.2, 0) is 19.1 Å². The average Bonchev–Trinajstić information content (AvgIpc) is 3.14. The summed E-state index contributed by atoms with van der Waals surface area (Å²) in [5, 5.41) is 0. The first-order valence-corrected chi connectivity index (χ1v) is 10.9. The lowest BCUT2D eigenvalue weighted by Crippen LogP contribution is -2.03. The van der Waals surface area contributed by atoms with Crippen molar-refractivity contribution in [1.29, 1.82) is 0 Å². The normalized spacial score (nSPS) is 20.9. The predicted molar refractivity (Wildman–Crippen MR) is 110 cm³/mol. The molecular weight excluding hydrogens is 352 g/mol. The summed E-state index contributed by atoms with van der Waals surface area (Å²) in [6.45, 7) is 3.80. The summed E-state index contributed by atoms with van der Waals surface area (Å²) < 4.78 is 10.2. The summed E-state index contributed by atoms with van der Waals surface area (Å²) in [4.78, 5) is 23.0. The van der Waals surface area contributed by atoms with Crippen molar-refractivity contribution in [3.05, 3.63) is 23.3 Å². The first-order valence-electron chi connectivity index (χ1n) is 10.9. The minimum atomic E-state index is -0.133. The second-order valence-corrected chi connectivity index (χ2v) is 7.79. The molecule has 154 valence electrons. The van der Waals surface area contributed by atoms with E-state index in [1.54, 1.807) is 0 Å². The molecule has 4 heteroatoms. The van der Waals surface area contributed by atoms with E-state index < -0.39 is 0 Å². The van der Waals surface area contributed by atoms with Crippen molar-refractivity contribution in [1.82, 2.24) is 0 Å². The largest absolute Gasteiger partial charge is 0.455 e. The molecule has 4 nitrogen and oxygen atoms in total. The first kappa shape index (κ1) is 22.3. The summed E-state index contributed by atoms with van der Waals surface area (Å²) in [7, 11) is 0. The number of unbranched alkanes of at least 4 members (excludes halogenated alkanes) is 8. The third kappa shape index (κ3) is 8.33. The standard InChI is InChI=1S/C24H34O4/c1-19-17-21(23(25)27-19)15-13-11-9-7-5-3-4-6-8-10-12-14-16-22-18-20(2)28-24(22)26/h17-20H,5-16H2,1-2H3/t19-,20-/m0/s1. The van der Waals surface area contributed by atoms with Gasteiger partial charge < -0.3 is 9.47 Å². The van der Waals surface area contributed by atoms with E-state index >= 15 is 0 Å². The van der Waals surface area contributed by atoms with Crippen molar-refractivity contribution >= 4 is 11.9 Å². The highest BCUT2D eigenvalue weighted by Gasteiger charge is 2.21. The van der Waals surface area contributed by atoms with E-state index in [4.69, 9.17) is 9.47 Å². The number of hydrogen-bond acceptors (Lipinski definition) is 4. The highest BCUT2D eigenvalue weighted by atomic mass is 16.6. The smallest absolute Gasteiger partial charge is 0.334 e. The fourth-order valence-corrected chi connectivity index (χ4v) is 3.57. The van der Waals surface area contributed by atoms with Gasteiger partial charge in [-0.05, 0) is 64.5 Å². The molecule has 2 atom stereocenters. The van der Waals surface area contributed by atoms with Crippen LogP contribution in [0.4, 0.5) is 0 Å². The molecule has 0 spiro atoms. The van der Waals surface area contributed by atoms with Crippen LogP contribution in [0.1, 0.15) is 90.9 Å². The zero-order valence-electron chi connectivity index (χ0n) is 17.4. The summed E-state index contributed by atoms with van der Waals surface area (Å²) in [6.07, 6.45) is 16.4. The van der Waals surface area contributed by atoms with Gasteiger partial charge >= 0.3 is 11.9 Å². The molecule has 0 radical (unpaired) electrons. The van der Waals surface area contributed by atoms with E-state index in [2.05, 4.69) is 11.8 Å². The van der Waals surface area contributed by atoms with Gasteiger partial charge in [0.1, 0.15) is 12.2 Å². The summed E-state index contributed by atoms with van der Waals surface area (Å²) >= 11 is 0. The number of carbonyl (C=O) groups excluding carboxylic acids is 2. The molecule has 0 aromatic rings. The Morgan fingerprint density at radius 2 is 1.07 bits per heavy atom. The SMILES string of the molecule is C[C@H]1C=C(CCCCCCC#CCCCCCCC2=C[C@H](C)OC2=O)C(=O)O1. The molecule has 0 saturated heterocycles. The average molecular weight is 387 g/mol. The maximum atomic E-state index is 11.5. The Hall–Kier alpha value is -2.02. The number of carbonyl (C=O) groups is 2. The molecular formula is C24H34O4. The number of esters is 2. The van der Waals surface area contributed by atoms with Crippen LogP contribution < -0.4 is 0 Å². The Morgan fingerprint density at radius 3 is 1.43 bits per heavy atom. The summed E-state index contributed by atoms with van der Waals surface area (Å²) in [5.41, 5.74) is 1.70. The van der Waals surface area contributed by atoms with Gasteiger partial charge in [0.15, 0.2) is 0 Å². The molecule has 2 heterocycles. The molecule has 28 heavy (non-hydrogen) atoms. The van der Waals surface area contributed by atoms with Gasteiger partial charge in [0.05, 0.1) is 0 Å². The first-order chi connectivity index (χ1) is 13.6. The van der Waals surface area contributed by atoms with Gasteiger partial charge in [-0.2, -0.15) is 0 Å². The number of ether oxygens (including phenoxy) is 2. The van der Waals surface area contributed by atoms with Crippen LogP contribution in [0.2, 0.25) is 0 Å². The van der Waals surface area contributed by atoms with Gasteiger partial charge in [-0.25, -0.2) is 9.59 Å². The van der Waals surface area contributed by atoms with Gasteiger partial charge in [-0.3, -0.25) is 0 Å². The Morgan fingerprint density at radius 1 is 0.679 bits per heavy atom. The quantitative estimate of drug-likeness (QED) is 0.255. The molecule has 0 unspecified atom stereocenters. The molecule has 2 rings (SSSR count). The topological polar surface area (TPSA) is 52.6 Å². The highest BCUT2D eigenvalue weighted by molar-refractivity contribution is 5.91.